The highest BCUT2D eigenvalue weighted by Crippen LogP contribution is 2.29. The van der Waals surface area contributed by atoms with Gasteiger partial charge in [-0.1, -0.05) is 34.1 Å². The van der Waals surface area contributed by atoms with E-state index >= 15 is 0 Å². The monoisotopic (exact) mass is 281 g/mol. The van der Waals surface area contributed by atoms with E-state index in [1.807, 2.05) is 0 Å². The van der Waals surface area contributed by atoms with Gasteiger partial charge in [0.1, 0.15) is 0 Å². The Morgan fingerprint density at radius 2 is 1.80 bits per heavy atom. The summed E-state index contributed by atoms with van der Waals surface area (Å²) in [5.74, 6) is 0. The lowest BCUT2D eigenvalue weighted by molar-refractivity contribution is 0.0814. The molecule has 1 heterocycles. The van der Waals surface area contributed by atoms with Crippen molar-refractivity contribution < 1.29 is 0 Å². The first kappa shape index (κ1) is 16.3. The highest BCUT2D eigenvalue weighted by Gasteiger charge is 2.33. The van der Waals surface area contributed by atoms with Gasteiger partial charge in [0.05, 0.1) is 0 Å². The molecule has 118 valence electrons. The van der Waals surface area contributed by atoms with Crippen LogP contribution in [0.25, 0.3) is 0 Å². The Morgan fingerprint density at radius 1 is 1.15 bits per heavy atom. The summed E-state index contributed by atoms with van der Waals surface area (Å²) in [4.78, 5) is 5.41. The smallest absolute Gasteiger partial charge is 0.0113 e. The number of rotatable bonds is 8. The molecule has 0 aromatic carbocycles. The van der Waals surface area contributed by atoms with Gasteiger partial charge in [-0.05, 0) is 24.7 Å². The summed E-state index contributed by atoms with van der Waals surface area (Å²) in [7, 11) is 0. The number of nitrogens with zero attached hydrogens (tertiary/aromatic N) is 2. The third-order valence-electron chi connectivity index (χ3n) is 4.87. The molecule has 0 aromatic rings. The zero-order valence-electron chi connectivity index (χ0n) is 14.1. The van der Waals surface area contributed by atoms with Crippen LogP contribution in [-0.2, 0) is 0 Å². The summed E-state index contributed by atoms with van der Waals surface area (Å²) in [5, 5.41) is 3.66. The molecule has 0 aromatic heterocycles. The Bertz CT molecular complexity index is 280. The molecule has 1 atom stereocenters. The van der Waals surface area contributed by atoms with Gasteiger partial charge in [0, 0.05) is 51.4 Å². The molecule has 2 rings (SSSR count). The van der Waals surface area contributed by atoms with Gasteiger partial charge in [0.2, 0.25) is 0 Å². The number of nitrogens with one attached hydrogen (secondary N) is 1. The largest absolute Gasteiger partial charge is 0.314 e. The highest BCUT2D eigenvalue weighted by molar-refractivity contribution is 4.89. The molecule has 0 radical (unpaired) electrons. The van der Waals surface area contributed by atoms with E-state index in [1.165, 1.54) is 58.4 Å². The summed E-state index contributed by atoms with van der Waals surface area (Å²) in [5.41, 5.74) is 0.431. The van der Waals surface area contributed by atoms with Gasteiger partial charge >= 0.3 is 0 Å². The Labute approximate surface area is 126 Å². The molecule has 0 bridgehead atoms. The van der Waals surface area contributed by atoms with Crippen LogP contribution in [0, 0.1) is 5.41 Å². The summed E-state index contributed by atoms with van der Waals surface area (Å²) in [6, 6.07) is 1.54. The van der Waals surface area contributed by atoms with Gasteiger partial charge < -0.3 is 10.2 Å². The van der Waals surface area contributed by atoms with Gasteiger partial charge in [-0.15, -0.1) is 0 Å². The van der Waals surface area contributed by atoms with E-state index in [9.17, 15) is 0 Å². The molecule has 0 amide bonds. The Hall–Kier alpha value is -0.120. The average molecular weight is 281 g/mol. The minimum absolute atomic E-state index is 0.431. The lowest BCUT2D eigenvalue weighted by atomic mass is 9.84. The highest BCUT2D eigenvalue weighted by atomic mass is 15.3. The second kappa shape index (κ2) is 7.24. The zero-order valence-corrected chi connectivity index (χ0v) is 14.1. The topological polar surface area (TPSA) is 18.5 Å². The molecule has 1 aliphatic carbocycles. The van der Waals surface area contributed by atoms with Gasteiger partial charge in [0.15, 0.2) is 0 Å². The molecule has 1 saturated heterocycles. The zero-order chi connectivity index (χ0) is 14.6. The van der Waals surface area contributed by atoms with Gasteiger partial charge in [-0.25, -0.2) is 0 Å². The molecule has 1 N–H and O–H groups in total. The van der Waals surface area contributed by atoms with Crippen LogP contribution >= 0.6 is 0 Å². The van der Waals surface area contributed by atoms with Crippen molar-refractivity contribution in [3.8, 4) is 0 Å². The molecule has 3 nitrogen and oxygen atoms in total. The Balaban J connectivity index is 1.78. The van der Waals surface area contributed by atoms with Crippen LogP contribution in [0.3, 0.4) is 0 Å². The van der Waals surface area contributed by atoms with E-state index in [1.54, 1.807) is 0 Å². The van der Waals surface area contributed by atoms with Crippen molar-refractivity contribution in [2.24, 2.45) is 5.41 Å². The summed E-state index contributed by atoms with van der Waals surface area (Å²) in [6.07, 6.45) is 5.52. The first-order chi connectivity index (χ1) is 9.52. The first-order valence-corrected chi connectivity index (χ1v) is 8.72. The second-order valence-corrected chi connectivity index (χ2v) is 7.64. The maximum Gasteiger partial charge on any atom is 0.0113 e. The minimum Gasteiger partial charge on any atom is -0.314 e. The standard InChI is InChI=1S/C17H35N3/c1-5-8-17(4,13-18-15(2)3)14-19-9-11-20(12-10-19)16-6-7-16/h15-16,18H,5-14H2,1-4H3. The average Bonchev–Trinajstić information content (AvgIpc) is 3.22. The predicted octanol–water partition coefficient (Wildman–Crippen LogP) is 2.57. The van der Waals surface area contributed by atoms with Crippen LogP contribution in [-0.4, -0.2) is 61.2 Å². The molecule has 1 aliphatic heterocycles. The number of hydrogen-bond donors (Lipinski definition) is 1. The lowest BCUT2D eigenvalue weighted by Gasteiger charge is -2.41. The number of hydrogen-bond acceptors (Lipinski definition) is 3. The first-order valence-electron chi connectivity index (χ1n) is 8.72. The fourth-order valence-corrected chi connectivity index (χ4v) is 3.54. The molecule has 3 heteroatoms. The lowest BCUT2D eigenvalue weighted by Crippen LogP contribution is -2.51. The van der Waals surface area contributed by atoms with Crippen molar-refractivity contribution in [1.29, 1.82) is 0 Å². The number of piperazine rings is 1. The van der Waals surface area contributed by atoms with Crippen molar-refractivity contribution in [3.05, 3.63) is 0 Å². The normalized spacial score (nSPS) is 25.1. The van der Waals surface area contributed by atoms with Crippen LogP contribution in [0.5, 0.6) is 0 Å². The third kappa shape index (κ3) is 5.01. The van der Waals surface area contributed by atoms with Crippen molar-refractivity contribution >= 4 is 0 Å². The van der Waals surface area contributed by atoms with Gasteiger partial charge in [-0.3, -0.25) is 4.90 Å². The van der Waals surface area contributed by atoms with Crippen molar-refractivity contribution in [1.82, 2.24) is 15.1 Å². The Morgan fingerprint density at radius 3 is 2.30 bits per heavy atom. The summed E-state index contributed by atoms with van der Waals surface area (Å²) >= 11 is 0. The molecule has 2 aliphatic rings. The van der Waals surface area contributed by atoms with Crippen LogP contribution in [0.2, 0.25) is 0 Å². The van der Waals surface area contributed by atoms with E-state index in [4.69, 9.17) is 0 Å². The third-order valence-corrected chi connectivity index (χ3v) is 4.87. The molecule has 2 fully saturated rings. The fourth-order valence-electron chi connectivity index (χ4n) is 3.54. The molecular formula is C17H35N3. The van der Waals surface area contributed by atoms with Crippen molar-refractivity contribution in [2.75, 3.05) is 39.3 Å². The van der Waals surface area contributed by atoms with Gasteiger partial charge in [0.25, 0.3) is 0 Å². The molecule has 1 unspecified atom stereocenters. The minimum atomic E-state index is 0.431. The Kier molecular flexibility index (Phi) is 5.88. The SMILES string of the molecule is CCCC(C)(CNC(C)C)CN1CCN(C2CC2)CC1. The van der Waals surface area contributed by atoms with Crippen LogP contribution in [0.1, 0.15) is 53.4 Å². The quantitative estimate of drug-likeness (QED) is 0.738. The van der Waals surface area contributed by atoms with E-state index < -0.39 is 0 Å². The van der Waals surface area contributed by atoms with E-state index in [-0.39, 0.29) is 0 Å². The van der Waals surface area contributed by atoms with Crippen LogP contribution in [0.4, 0.5) is 0 Å². The van der Waals surface area contributed by atoms with E-state index in [0.29, 0.717) is 11.5 Å². The van der Waals surface area contributed by atoms with Crippen molar-refractivity contribution in [2.45, 2.75) is 65.5 Å². The fraction of sp³-hybridized carbons (Fsp3) is 1.00. The predicted molar refractivity (Wildman–Crippen MR) is 87.2 cm³/mol. The molecule has 20 heavy (non-hydrogen) atoms. The maximum atomic E-state index is 3.66. The van der Waals surface area contributed by atoms with E-state index in [2.05, 4.69) is 42.8 Å². The van der Waals surface area contributed by atoms with E-state index in [0.717, 1.165) is 12.6 Å². The summed E-state index contributed by atoms with van der Waals surface area (Å²) < 4.78 is 0. The van der Waals surface area contributed by atoms with Crippen LogP contribution in [0.15, 0.2) is 0 Å². The molecular weight excluding hydrogens is 246 g/mol. The van der Waals surface area contributed by atoms with Gasteiger partial charge in [-0.2, -0.15) is 0 Å². The maximum absolute atomic E-state index is 3.66. The van der Waals surface area contributed by atoms with Crippen molar-refractivity contribution in [3.63, 3.8) is 0 Å². The molecule has 1 saturated carbocycles. The van der Waals surface area contributed by atoms with Crippen LogP contribution < -0.4 is 5.32 Å². The summed E-state index contributed by atoms with van der Waals surface area (Å²) in [6.45, 7) is 16.9. The second-order valence-electron chi connectivity index (χ2n) is 7.64. The molecule has 0 spiro atoms.